The number of ether oxygens (including phenoxy) is 1. The molecule has 2 N–H and O–H groups in total. The molecule has 160 valence electrons. The molecule has 0 saturated carbocycles. The number of hydrogen-bond acceptors (Lipinski definition) is 7. The van der Waals surface area contributed by atoms with Gasteiger partial charge in [-0.05, 0) is 79.5 Å². The number of amidine groups is 1. The number of aliphatic imine (C=N–C) groups is 1. The van der Waals surface area contributed by atoms with Crippen LogP contribution in [0, 0.1) is 10.1 Å². The highest BCUT2D eigenvalue weighted by atomic mass is 79.9. The largest absolute Gasteiger partial charge is 0.480 e. The number of nitro benzene ring substituents is 1. The van der Waals surface area contributed by atoms with Crippen LogP contribution in [-0.2, 0) is 9.59 Å². The van der Waals surface area contributed by atoms with Gasteiger partial charge < -0.3 is 15.2 Å². The summed E-state index contributed by atoms with van der Waals surface area (Å²) in [5, 5.41) is 22.9. The van der Waals surface area contributed by atoms with Crippen LogP contribution in [0.2, 0.25) is 5.02 Å². The zero-order chi connectivity index (χ0) is 22.7. The van der Waals surface area contributed by atoms with E-state index >= 15 is 0 Å². The maximum absolute atomic E-state index is 12.3. The Balaban J connectivity index is 1.86. The van der Waals surface area contributed by atoms with Crippen LogP contribution in [0.3, 0.4) is 0 Å². The molecule has 1 saturated heterocycles. The quantitative estimate of drug-likeness (QED) is 0.271. The molecule has 3 rings (SSSR count). The van der Waals surface area contributed by atoms with Crippen molar-refractivity contribution in [1.29, 1.82) is 0 Å². The molecule has 1 amide bonds. The normalized spacial score (nSPS) is 15.9. The molecule has 1 fully saturated rings. The predicted molar refractivity (Wildman–Crippen MR) is 124 cm³/mol. The third kappa shape index (κ3) is 5.85. The number of carboxylic acid groups (broad SMARTS) is 1. The Morgan fingerprint density at radius 3 is 2.61 bits per heavy atom. The van der Waals surface area contributed by atoms with Gasteiger partial charge in [0, 0.05) is 11.1 Å². The molecule has 0 aliphatic carbocycles. The first-order valence-corrected chi connectivity index (χ1v) is 11.0. The number of nitrogens with zero attached hydrogens (tertiary/aromatic N) is 2. The third-order valence-electron chi connectivity index (χ3n) is 3.67. The van der Waals surface area contributed by atoms with E-state index in [0.717, 1.165) is 11.8 Å². The van der Waals surface area contributed by atoms with E-state index in [1.54, 1.807) is 18.2 Å². The first kappa shape index (κ1) is 23.3. The minimum absolute atomic E-state index is 0.0591. The van der Waals surface area contributed by atoms with Crippen molar-refractivity contribution in [3.63, 3.8) is 0 Å². The Morgan fingerprint density at radius 2 is 2.00 bits per heavy atom. The number of benzene rings is 2. The van der Waals surface area contributed by atoms with Crippen LogP contribution in [0.4, 0.5) is 11.4 Å². The summed E-state index contributed by atoms with van der Waals surface area (Å²) in [7, 11) is 0. The summed E-state index contributed by atoms with van der Waals surface area (Å²) in [6.45, 7) is -0.507. The topological polar surface area (TPSA) is 131 Å². The minimum Gasteiger partial charge on any atom is -0.480 e. The molecule has 0 spiro atoms. The zero-order valence-corrected chi connectivity index (χ0v) is 19.8. The van der Waals surface area contributed by atoms with Crippen LogP contribution in [0.15, 0.2) is 49.2 Å². The molecule has 1 aliphatic heterocycles. The first-order chi connectivity index (χ1) is 14.6. The summed E-state index contributed by atoms with van der Waals surface area (Å²) in [5.41, 5.74) is 0.402. The first-order valence-electron chi connectivity index (χ1n) is 8.21. The number of halogens is 3. The fraction of sp³-hybridized carbons (Fsp3) is 0.0556. The van der Waals surface area contributed by atoms with Gasteiger partial charge in [0.25, 0.3) is 11.6 Å². The molecular weight excluding hydrogens is 582 g/mol. The van der Waals surface area contributed by atoms with E-state index in [-0.39, 0.29) is 21.6 Å². The number of amides is 1. The molecule has 1 aliphatic rings. The Labute approximate surface area is 200 Å². The second-order valence-corrected chi connectivity index (χ2v) is 9.04. The standard InChI is InChI=1S/C18H10Br2ClN3O6S/c19-10-3-8(4-11(20)16(10)30-7-15(25)26)5-14-17(27)23-18(31-14)22-12-2-1-9(21)6-13(12)24(28)29/h1-6H,7H2,(H,25,26)(H,22,23,27)/b14-5+. The number of hydrogen-bond donors (Lipinski definition) is 2. The lowest BCUT2D eigenvalue weighted by molar-refractivity contribution is -0.384. The van der Waals surface area contributed by atoms with Gasteiger partial charge in [-0.3, -0.25) is 14.9 Å². The van der Waals surface area contributed by atoms with Crippen LogP contribution in [0.1, 0.15) is 5.56 Å². The fourth-order valence-electron chi connectivity index (χ4n) is 2.41. The maximum Gasteiger partial charge on any atom is 0.341 e. The van der Waals surface area contributed by atoms with E-state index in [4.69, 9.17) is 21.4 Å². The van der Waals surface area contributed by atoms with Crippen molar-refractivity contribution in [2.75, 3.05) is 6.61 Å². The number of carbonyl (C=O) groups is 2. The predicted octanol–water partition coefficient (Wildman–Crippen LogP) is 5.13. The van der Waals surface area contributed by atoms with E-state index in [1.165, 1.54) is 18.2 Å². The number of nitrogens with one attached hydrogen (secondary N) is 1. The number of carbonyl (C=O) groups excluding carboxylic acids is 1. The molecule has 1 heterocycles. The lowest BCUT2D eigenvalue weighted by Crippen LogP contribution is -2.19. The van der Waals surface area contributed by atoms with Crippen molar-refractivity contribution in [3.05, 3.63) is 64.9 Å². The minimum atomic E-state index is -1.11. The summed E-state index contributed by atoms with van der Waals surface area (Å²) in [6, 6.07) is 7.35. The summed E-state index contributed by atoms with van der Waals surface area (Å²) < 4.78 is 6.20. The summed E-state index contributed by atoms with van der Waals surface area (Å²) in [6.07, 6.45) is 1.59. The highest BCUT2D eigenvalue weighted by Crippen LogP contribution is 2.37. The van der Waals surface area contributed by atoms with Crippen LogP contribution in [0.5, 0.6) is 5.75 Å². The highest BCUT2D eigenvalue weighted by Gasteiger charge is 2.25. The molecule has 0 atom stereocenters. The van der Waals surface area contributed by atoms with Crippen molar-refractivity contribution in [3.8, 4) is 5.75 Å². The van der Waals surface area contributed by atoms with E-state index in [0.29, 0.717) is 25.2 Å². The van der Waals surface area contributed by atoms with Gasteiger partial charge in [-0.1, -0.05) is 11.6 Å². The number of carboxylic acids is 1. The Kier molecular flexibility index (Phi) is 7.36. The number of rotatable bonds is 6. The zero-order valence-electron chi connectivity index (χ0n) is 15.1. The van der Waals surface area contributed by atoms with Gasteiger partial charge >= 0.3 is 5.97 Å². The summed E-state index contributed by atoms with van der Waals surface area (Å²) in [4.78, 5) is 38.1. The number of aliphatic carboxylic acids is 1. The van der Waals surface area contributed by atoms with Gasteiger partial charge in [0.2, 0.25) is 0 Å². The fourth-order valence-corrected chi connectivity index (χ4v) is 4.87. The Morgan fingerprint density at radius 1 is 1.32 bits per heavy atom. The molecule has 0 unspecified atom stereocenters. The van der Waals surface area contributed by atoms with Crippen molar-refractivity contribution >= 4 is 89.7 Å². The van der Waals surface area contributed by atoms with E-state index in [2.05, 4.69) is 42.2 Å². The SMILES string of the molecule is O=C(O)COc1c(Br)cc(/C=C2/SC(=Nc3ccc(Cl)cc3[N+](=O)[O-])NC2=O)cc1Br. The van der Waals surface area contributed by atoms with Crippen molar-refractivity contribution < 1.29 is 24.4 Å². The van der Waals surface area contributed by atoms with Gasteiger partial charge in [0.1, 0.15) is 11.4 Å². The lowest BCUT2D eigenvalue weighted by Gasteiger charge is -2.09. The van der Waals surface area contributed by atoms with E-state index < -0.39 is 23.4 Å². The molecule has 13 heteroatoms. The number of nitro groups is 1. The van der Waals surface area contributed by atoms with Gasteiger partial charge in [-0.15, -0.1) is 0 Å². The molecule has 31 heavy (non-hydrogen) atoms. The van der Waals surface area contributed by atoms with Crippen molar-refractivity contribution in [2.24, 2.45) is 4.99 Å². The van der Waals surface area contributed by atoms with Crippen molar-refractivity contribution in [2.45, 2.75) is 0 Å². The van der Waals surface area contributed by atoms with Crippen LogP contribution in [0.25, 0.3) is 6.08 Å². The smallest absolute Gasteiger partial charge is 0.341 e. The van der Waals surface area contributed by atoms with E-state index in [1.807, 2.05) is 0 Å². The Bertz CT molecular complexity index is 1150. The summed E-state index contributed by atoms with van der Waals surface area (Å²) in [5.74, 6) is -1.22. The molecule has 0 bridgehead atoms. The molecule has 0 radical (unpaired) electrons. The second kappa shape index (κ2) is 9.81. The van der Waals surface area contributed by atoms with Gasteiger partial charge in [0.05, 0.1) is 18.8 Å². The van der Waals surface area contributed by atoms with Gasteiger partial charge in [0.15, 0.2) is 11.8 Å². The molecule has 2 aromatic carbocycles. The van der Waals surface area contributed by atoms with E-state index in [9.17, 15) is 19.7 Å². The average molecular weight is 592 g/mol. The third-order valence-corrected chi connectivity index (χ3v) is 5.99. The molecule has 0 aromatic heterocycles. The van der Waals surface area contributed by atoms with Crippen LogP contribution < -0.4 is 10.1 Å². The van der Waals surface area contributed by atoms with Crippen LogP contribution in [-0.4, -0.2) is 33.7 Å². The van der Waals surface area contributed by atoms with Gasteiger partial charge in [-0.25, -0.2) is 9.79 Å². The Hall–Kier alpha value is -2.41. The lowest BCUT2D eigenvalue weighted by atomic mass is 10.2. The van der Waals surface area contributed by atoms with Crippen LogP contribution >= 0.6 is 55.2 Å². The molecule has 2 aromatic rings. The average Bonchev–Trinajstić information content (AvgIpc) is 3.01. The maximum atomic E-state index is 12.3. The highest BCUT2D eigenvalue weighted by molar-refractivity contribution is 9.11. The monoisotopic (exact) mass is 589 g/mol. The molecule has 9 nitrogen and oxygen atoms in total. The second-order valence-electron chi connectivity index (χ2n) is 5.87. The number of thioether (sulfide) groups is 1. The summed E-state index contributed by atoms with van der Waals surface area (Å²) >= 11 is 13.4. The molecular formula is C18H10Br2ClN3O6S. The van der Waals surface area contributed by atoms with Crippen molar-refractivity contribution in [1.82, 2.24) is 5.32 Å². The van der Waals surface area contributed by atoms with Gasteiger partial charge in [-0.2, -0.15) is 0 Å².